The van der Waals surface area contributed by atoms with Crippen LogP contribution < -0.4 is 5.69 Å². The fourth-order valence-electron chi connectivity index (χ4n) is 2.29. The number of nitrogens with one attached hydrogen (secondary N) is 1. The fraction of sp³-hybridized carbons (Fsp3) is 0. The largest absolute Gasteiger partial charge is 0.476 e. The van der Waals surface area contributed by atoms with Gasteiger partial charge >= 0.3 is 11.7 Å². The van der Waals surface area contributed by atoms with Crippen LogP contribution in [0.4, 0.5) is 0 Å². The Hall–Kier alpha value is -2.79. The smallest absolute Gasteiger partial charge is 0.355 e. The Morgan fingerprint density at radius 3 is 2.27 bits per heavy atom. The van der Waals surface area contributed by atoms with Crippen molar-refractivity contribution in [1.82, 2.24) is 9.55 Å². The first-order valence-electron chi connectivity index (χ1n) is 6.47. The van der Waals surface area contributed by atoms with E-state index in [-0.39, 0.29) is 11.4 Å². The number of aromatic amines is 1. The van der Waals surface area contributed by atoms with Gasteiger partial charge in [0.05, 0.1) is 11.4 Å². The summed E-state index contributed by atoms with van der Waals surface area (Å²) in [7, 11) is 0. The van der Waals surface area contributed by atoms with Crippen molar-refractivity contribution in [3.8, 4) is 16.9 Å². The second-order valence-electron chi connectivity index (χ2n) is 4.64. The highest BCUT2D eigenvalue weighted by Gasteiger charge is 2.22. The first kappa shape index (κ1) is 14.2. The zero-order chi connectivity index (χ0) is 15.7. The van der Waals surface area contributed by atoms with Gasteiger partial charge in [-0.25, -0.2) is 9.59 Å². The highest BCUT2D eigenvalue weighted by atomic mass is 35.5. The van der Waals surface area contributed by atoms with E-state index in [1.807, 2.05) is 0 Å². The van der Waals surface area contributed by atoms with Gasteiger partial charge in [-0.1, -0.05) is 41.9 Å². The van der Waals surface area contributed by atoms with E-state index >= 15 is 0 Å². The van der Waals surface area contributed by atoms with Crippen molar-refractivity contribution in [2.45, 2.75) is 0 Å². The number of aromatic carboxylic acids is 1. The molecule has 0 radical (unpaired) electrons. The van der Waals surface area contributed by atoms with Crippen LogP contribution in [0.2, 0.25) is 5.02 Å². The van der Waals surface area contributed by atoms with E-state index in [9.17, 15) is 14.7 Å². The van der Waals surface area contributed by atoms with Gasteiger partial charge in [-0.2, -0.15) is 0 Å². The molecule has 22 heavy (non-hydrogen) atoms. The molecule has 0 bridgehead atoms. The van der Waals surface area contributed by atoms with Crippen molar-refractivity contribution in [3.63, 3.8) is 0 Å². The van der Waals surface area contributed by atoms with E-state index in [1.54, 1.807) is 54.6 Å². The minimum atomic E-state index is -1.19. The van der Waals surface area contributed by atoms with E-state index in [4.69, 9.17) is 11.6 Å². The number of carboxylic acids is 1. The van der Waals surface area contributed by atoms with Crippen molar-refractivity contribution >= 4 is 17.6 Å². The standard InChI is InChI=1S/C16H11ClN2O3/c17-11-8-6-10(7-9-11)13-14(15(20)21)19(16(22)18-13)12-4-2-1-3-5-12/h1-9H,(H,18,22)(H,20,21). The summed E-state index contributed by atoms with van der Waals surface area (Å²) >= 11 is 5.84. The van der Waals surface area contributed by atoms with Crippen molar-refractivity contribution in [2.75, 3.05) is 0 Å². The molecule has 0 aliphatic carbocycles. The highest BCUT2D eigenvalue weighted by Crippen LogP contribution is 2.24. The molecule has 0 fully saturated rings. The zero-order valence-corrected chi connectivity index (χ0v) is 12.0. The van der Waals surface area contributed by atoms with Crippen LogP contribution in [0.25, 0.3) is 16.9 Å². The molecule has 0 aliphatic rings. The van der Waals surface area contributed by atoms with E-state index in [0.29, 0.717) is 16.3 Å². The molecule has 110 valence electrons. The number of aromatic nitrogens is 2. The SMILES string of the molecule is O=C(O)c1c(-c2ccc(Cl)cc2)[nH]c(=O)n1-c1ccccc1. The van der Waals surface area contributed by atoms with Crippen LogP contribution in [0.3, 0.4) is 0 Å². The van der Waals surface area contributed by atoms with Crippen LogP contribution in [0.5, 0.6) is 0 Å². The summed E-state index contributed by atoms with van der Waals surface area (Å²) < 4.78 is 1.15. The number of benzene rings is 2. The summed E-state index contributed by atoms with van der Waals surface area (Å²) in [6.07, 6.45) is 0. The number of imidazole rings is 1. The third-order valence-corrected chi connectivity index (χ3v) is 3.50. The summed E-state index contributed by atoms with van der Waals surface area (Å²) in [5.41, 5.74) is 0.694. The molecule has 6 heteroatoms. The predicted molar refractivity (Wildman–Crippen MR) is 83.8 cm³/mol. The number of rotatable bonds is 3. The normalized spacial score (nSPS) is 10.6. The summed E-state index contributed by atoms with van der Waals surface area (Å²) in [5, 5.41) is 10.1. The van der Waals surface area contributed by atoms with Crippen LogP contribution in [0, 0.1) is 0 Å². The number of nitrogens with zero attached hydrogens (tertiary/aromatic N) is 1. The van der Waals surface area contributed by atoms with Crippen LogP contribution in [0.15, 0.2) is 59.4 Å². The summed E-state index contributed by atoms with van der Waals surface area (Å²) in [5.74, 6) is -1.19. The number of carbonyl (C=O) groups is 1. The maximum Gasteiger partial charge on any atom is 0.355 e. The minimum Gasteiger partial charge on any atom is -0.476 e. The maximum atomic E-state index is 12.2. The molecule has 5 nitrogen and oxygen atoms in total. The Morgan fingerprint density at radius 2 is 1.68 bits per heavy atom. The van der Waals surface area contributed by atoms with Crippen LogP contribution in [-0.4, -0.2) is 20.6 Å². The number of para-hydroxylation sites is 1. The number of hydrogen-bond acceptors (Lipinski definition) is 2. The van der Waals surface area contributed by atoms with Gasteiger partial charge in [-0.3, -0.25) is 4.57 Å². The zero-order valence-electron chi connectivity index (χ0n) is 11.3. The lowest BCUT2D eigenvalue weighted by molar-refractivity contribution is 0.0689. The van der Waals surface area contributed by atoms with Gasteiger partial charge in [0.1, 0.15) is 0 Å². The average Bonchev–Trinajstić information content (AvgIpc) is 2.86. The van der Waals surface area contributed by atoms with Crippen LogP contribution in [0.1, 0.15) is 10.5 Å². The molecule has 3 aromatic rings. The number of carboxylic acid groups (broad SMARTS) is 1. The van der Waals surface area contributed by atoms with Gasteiger partial charge in [-0.15, -0.1) is 0 Å². The molecule has 0 saturated carbocycles. The molecule has 1 heterocycles. The first-order valence-corrected chi connectivity index (χ1v) is 6.85. The van der Waals surface area contributed by atoms with Gasteiger partial charge in [0.25, 0.3) is 0 Å². The number of hydrogen-bond donors (Lipinski definition) is 2. The lowest BCUT2D eigenvalue weighted by atomic mass is 10.1. The topological polar surface area (TPSA) is 75.1 Å². The molecular formula is C16H11ClN2O3. The molecule has 0 atom stereocenters. The third-order valence-electron chi connectivity index (χ3n) is 3.25. The predicted octanol–water partition coefficient (Wildman–Crippen LogP) is 3.18. The highest BCUT2D eigenvalue weighted by molar-refractivity contribution is 6.30. The molecular weight excluding hydrogens is 304 g/mol. The monoisotopic (exact) mass is 314 g/mol. The Morgan fingerprint density at radius 1 is 1.05 bits per heavy atom. The third kappa shape index (κ3) is 2.42. The van der Waals surface area contributed by atoms with Crippen molar-refractivity contribution in [3.05, 3.63) is 75.8 Å². The molecule has 0 saturated heterocycles. The Kier molecular flexibility index (Phi) is 3.56. The Bertz CT molecular complexity index is 880. The fourth-order valence-corrected chi connectivity index (χ4v) is 2.41. The summed E-state index contributed by atoms with van der Waals surface area (Å²) in [6.45, 7) is 0. The van der Waals surface area contributed by atoms with Crippen molar-refractivity contribution in [2.24, 2.45) is 0 Å². The summed E-state index contributed by atoms with van der Waals surface area (Å²) in [4.78, 5) is 26.5. The molecule has 1 aromatic heterocycles. The second-order valence-corrected chi connectivity index (χ2v) is 5.07. The second kappa shape index (κ2) is 5.54. The van der Waals surface area contributed by atoms with E-state index in [2.05, 4.69) is 4.98 Å². The van der Waals surface area contributed by atoms with E-state index < -0.39 is 11.7 Å². The van der Waals surface area contributed by atoms with Crippen molar-refractivity contribution in [1.29, 1.82) is 0 Å². The van der Waals surface area contributed by atoms with Gasteiger partial charge in [0, 0.05) is 10.6 Å². The molecule has 2 N–H and O–H groups in total. The number of halogens is 1. The molecule has 0 amide bonds. The van der Waals surface area contributed by atoms with Crippen LogP contribution in [-0.2, 0) is 0 Å². The summed E-state index contributed by atoms with van der Waals surface area (Å²) in [6, 6.07) is 15.2. The molecule has 0 unspecified atom stereocenters. The molecule has 2 aromatic carbocycles. The first-order chi connectivity index (χ1) is 10.6. The van der Waals surface area contributed by atoms with Gasteiger partial charge in [0.2, 0.25) is 0 Å². The van der Waals surface area contributed by atoms with Gasteiger partial charge in [-0.05, 0) is 24.3 Å². The lowest BCUT2D eigenvalue weighted by Crippen LogP contribution is -2.18. The quantitative estimate of drug-likeness (QED) is 0.779. The number of H-pyrrole nitrogens is 1. The maximum absolute atomic E-state index is 12.2. The minimum absolute atomic E-state index is 0.112. The molecule has 3 rings (SSSR count). The Balaban J connectivity index is 2.28. The lowest BCUT2D eigenvalue weighted by Gasteiger charge is -2.06. The van der Waals surface area contributed by atoms with Gasteiger partial charge in [0.15, 0.2) is 5.69 Å². The molecule has 0 aliphatic heterocycles. The van der Waals surface area contributed by atoms with E-state index in [1.165, 1.54) is 0 Å². The van der Waals surface area contributed by atoms with Crippen molar-refractivity contribution < 1.29 is 9.90 Å². The van der Waals surface area contributed by atoms with Gasteiger partial charge < -0.3 is 10.1 Å². The van der Waals surface area contributed by atoms with E-state index in [0.717, 1.165) is 4.57 Å². The molecule has 0 spiro atoms. The Labute approximate surface area is 130 Å². The average molecular weight is 315 g/mol. The van der Waals surface area contributed by atoms with Crippen LogP contribution >= 0.6 is 11.6 Å².